The van der Waals surface area contributed by atoms with Crippen molar-refractivity contribution in [1.82, 2.24) is 0 Å². The van der Waals surface area contributed by atoms with E-state index in [0.717, 1.165) is 12.8 Å². The van der Waals surface area contributed by atoms with Crippen LogP contribution in [-0.4, -0.2) is 11.8 Å². The van der Waals surface area contributed by atoms with Crippen molar-refractivity contribution in [3.05, 3.63) is 75.3 Å². The lowest BCUT2D eigenvalue weighted by atomic mass is 9.70. The second kappa shape index (κ2) is 7.00. The van der Waals surface area contributed by atoms with Crippen molar-refractivity contribution >= 4 is 40.7 Å². The highest BCUT2D eigenvalue weighted by atomic mass is 35.5. The lowest BCUT2D eigenvalue weighted by Crippen LogP contribution is -2.32. The van der Waals surface area contributed by atoms with Gasteiger partial charge < -0.3 is 4.74 Å². The molecule has 0 amide bonds. The Kier molecular flexibility index (Phi) is 4.87. The summed E-state index contributed by atoms with van der Waals surface area (Å²) < 4.78 is 5.88. The topological polar surface area (TPSA) is 43.4 Å². The Morgan fingerprint density at radius 2 is 1.52 bits per heavy atom. The van der Waals surface area contributed by atoms with E-state index in [1.54, 1.807) is 42.5 Å². The summed E-state index contributed by atoms with van der Waals surface area (Å²) in [5, 5.41) is 0.730. The predicted molar refractivity (Wildman–Crippen MR) is 115 cm³/mol. The molecule has 2 saturated carbocycles. The number of ketones is 1. The summed E-state index contributed by atoms with van der Waals surface area (Å²) in [4.78, 5) is 26.5. The summed E-state index contributed by atoms with van der Waals surface area (Å²) in [6.07, 6.45) is 1.71. The van der Waals surface area contributed by atoms with Crippen LogP contribution in [0.2, 0.25) is 10.0 Å². The van der Waals surface area contributed by atoms with Crippen LogP contribution in [0, 0.1) is 16.7 Å². The molecule has 0 radical (unpaired) electrons. The van der Waals surface area contributed by atoms with Crippen molar-refractivity contribution in [2.24, 2.45) is 16.7 Å². The highest BCUT2D eigenvalue weighted by Gasteiger charge is 2.65. The standard InChI is InChI=1S/C24H22Cl2O3/c1-23(2)16-12-13-24(23,3)21(27)19(16)20(14-8-4-6-10-17(14)25)29-22(28)15-9-5-7-11-18(15)26/h4-11,16H,12-13H2,1-3H3/b20-19-/t16-,24+/m1/s1. The van der Waals surface area contributed by atoms with Gasteiger partial charge in [0.15, 0.2) is 5.78 Å². The second-order valence-electron chi connectivity index (χ2n) is 8.57. The number of carbonyl (C=O) groups excluding carboxylic acids is 2. The van der Waals surface area contributed by atoms with E-state index in [9.17, 15) is 9.59 Å². The average Bonchev–Trinajstić information content (AvgIpc) is 2.99. The van der Waals surface area contributed by atoms with Crippen LogP contribution in [0.25, 0.3) is 5.76 Å². The summed E-state index contributed by atoms with van der Waals surface area (Å²) in [6, 6.07) is 13.8. The molecule has 5 heteroatoms. The second-order valence-corrected chi connectivity index (χ2v) is 9.38. The number of fused-ring (bicyclic) bond motifs is 2. The van der Waals surface area contributed by atoms with Crippen LogP contribution in [0.15, 0.2) is 54.1 Å². The van der Waals surface area contributed by atoms with Crippen LogP contribution in [0.3, 0.4) is 0 Å². The molecule has 0 aliphatic heterocycles. The number of halogens is 2. The van der Waals surface area contributed by atoms with Crippen LogP contribution < -0.4 is 0 Å². The molecule has 2 bridgehead atoms. The Morgan fingerprint density at radius 1 is 0.966 bits per heavy atom. The quantitative estimate of drug-likeness (QED) is 0.314. The normalized spacial score (nSPS) is 26.5. The molecule has 2 aromatic carbocycles. The molecular formula is C24H22Cl2O3. The highest BCUT2D eigenvalue weighted by molar-refractivity contribution is 6.34. The van der Waals surface area contributed by atoms with Crippen molar-refractivity contribution in [3.8, 4) is 0 Å². The predicted octanol–water partition coefficient (Wildman–Crippen LogP) is 6.59. The van der Waals surface area contributed by atoms with Gasteiger partial charge in [-0.25, -0.2) is 4.79 Å². The number of Topliss-reactive ketones (excluding diaryl/α,β-unsaturated/α-hetero) is 1. The van der Waals surface area contributed by atoms with Crippen molar-refractivity contribution in [3.63, 3.8) is 0 Å². The zero-order valence-electron chi connectivity index (χ0n) is 16.6. The molecule has 0 aromatic heterocycles. The van der Waals surface area contributed by atoms with Gasteiger partial charge in [-0.1, -0.05) is 68.2 Å². The third kappa shape index (κ3) is 2.94. The Labute approximate surface area is 180 Å². The molecule has 2 aromatic rings. The van der Waals surface area contributed by atoms with E-state index in [2.05, 4.69) is 13.8 Å². The first-order valence-corrected chi connectivity index (χ1v) is 10.4. The van der Waals surface area contributed by atoms with Gasteiger partial charge in [0.2, 0.25) is 0 Å². The fourth-order valence-electron chi connectivity index (χ4n) is 4.80. The van der Waals surface area contributed by atoms with E-state index < -0.39 is 11.4 Å². The van der Waals surface area contributed by atoms with E-state index in [1.807, 2.05) is 13.0 Å². The summed E-state index contributed by atoms with van der Waals surface area (Å²) in [5.41, 5.74) is 0.668. The summed E-state index contributed by atoms with van der Waals surface area (Å²) in [5.74, 6) is -0.297. The minimum Gasteiger partial charge on any atom is -0.422 e. The molecule has 4 rings (SSSR count). The zero-order chi connectivity index (χ0) is 21.0. The van der Waals surface area contributed by atoms with Crippen molar-refractivity contribution in [2.75, 3.05) is 0 Å². The Hall–Kier alpha value is -2.10. The molecule has 2 atom stereocenters. The van der Waals surface area contributed by atoms with Gasteiger partial charge in [0.25, 0.3) is 0 Å². The maximum absolute atomic E-state index is 13.5. The van der Waals surface area contributed by atoms with Gasteiger partial charge in [-0.05, 0) is 48.4 Å². The molecule has 0 spiro atoms. The molecule has 0 unspecified atom stereocenters. The smallest absolute Gasteiger partial charge is 0.345 e. The SMILES string of the molecule is CC1(C)[C@@H]2CC[C@@]1(C)C(=O)/C2=C(\OC(=O)c1ccccc1Cl)c1ccccc1Cl. The van der Waals surface area contributed by atoms with E-state index in [1.165, 1.54) is 0 Å². The third-order valence-corrected chi connectivity index (χ3v) is 7.63. The van der Waals surface area contributed by atoms with Crippen molar-refractivity contribution in [1.29, 1.82) is 0 Å². The first-order valence-electron chi connectivity index (χ1n) is 9.69. The lowest BCUT2D eigenvalue weighted by Gasteiger charge is -2.31. The van der Waals surface area contributed by atoms with Gasteiger partial charge in [-0.2, -0.15) is 0 Å². The molecule has 2 fully saturated rings. The number of allylic oxidation sites excluding steroid dienone is 1. The highest BCUT2D eigenvalue weighted by Crippen LogP contribution is 2.66. The molecule has 0 N–H and O–H groups in total. The Morgan fingerprint density at radius 3 is 2.03 bits per heavy atom. The third-order valence-electron chi connectivity index (χ3n) is 6.97. The van der Waals surface area contributed by atoms with Gasteiger partial charge in [-0.3, -0.25) is 4.79 Å². The first kappa shape index (κ1) is 20.2. The molecule has 0 heterocycles. The molecular weight excluding hydrogens is 407 g/mol. The number of hydrogen-bond donors (Lipinski definition) is 0. The van der Waals surface area contributed by atoms with Crippen LogP contribution in [0.5, 0.6) is 0 Å². The monoisotopic (exact) mass is 428 g/mol. The molecule has 3 nitrogen and oxygen atoms in total. The molecule has 2 aliphatic carbocycles. The molecule has 0 saturated heterocycles. The van der Waals surface area contributed by atoms with Crippen LogP contribution in [-0.2, 0) is 9.53 Å². The molecule has 29 heavy (non-hydrogen) atoms. The first-order chi connectivity index (χ1) is 13.7. The van der Waals surface area contributed by atoms with E-state index in [4.69, 9.17) is 27.9 Å². The largest absolute Gasteiger partial charge is 0.422 e. The fourth-order valence-corrected chi connectivity index (χ4v) is 5.24. The van der Waals surface area contributed by atoms with Crippen molar-refractivity contribution in [2.45, 2.75) is 33.6 Å². The van der Waals surface area contributed by atoms with Crippen LogP contribution in [0.1, 0.15) is 49.5 Å². The van der Waals surface area contributed by atoms with Gasteiger partial charge in [0.1, 0.15) is 5.76 Å². The minimum absolute atomic E-state index is 0.00492. The Bertz CT molecular complexity index is 1050. The molecule has 2 aliphatic rings. The van der Waals surface area contributed by atoms with E-state index in [-0.39, 0.29) is 28.4 Å². The van der Waals surface area contributed by atoms with Gasteiger partial charge in [0.05, 0.1) is 15.6 Å². The van der Waals surface area contributed by atoms with E-state index in [0.29, 0.717) is 21.2 Å². The fraction of sp³-hybridized carbons (Fsp3) is 0.333. The van der Waals surface area contributed by atoms with Gasteiger partial charge >= 0.3 is 5.97 Å². The summed E-state index contributed by atoms with van der Waals surface area (Å²) in [7, 11) is 0. The van der Waals surface area contributed by atoms with Crippen molar-refractivity contribution < 1.29 is 14.3 Å². The number of carbonyl (C=O) groups is 2. The summed E-state index contributed by atoms with van der Waals surface area (Å²) >= 11 is 12.6. The zero-order valence-corrected chi connectivity index (χ0v) is 18.1. The number of esters is 1. The number of ether oxygens (including phenoxy) is 1. The van der Waals surface area contributed by atoms with Gasteiger partial charge in [-0.15, -0.1) is 0 Å². The Balaban J connectivity index is 1.89. The van der Waals surface area contributed by atoms with E-state index >= 15 is 0 Å². The number of rotatable bonds is 3. The van der Waals surface area contributed by atoms with Crippen LogP contribution >= 0.6 is 23.2 Å². The summed E-state index contributed by atoms with van der Waals surface area (Å²) in [6.45, 7) is 6.26. The van der Waals surface area contributed by atoms with Gasteiger partial charge in [0, 0.05) is 16.6 Å². The van der Waals surface area contributed by atoms with Crippen LogP contribution in [0.4, 0.5) is 0 Å². The maximum atomic E-state index is 13.5. The maximum Gasteiger partial charge on any atom is 0.345 e. The lowest BCUT2D eigenvalue weighted by molar-refractivity contribution is -0.125. The molecule has 150 valence electrons. The minimum atomic E-state index is -0.600. The average molecular weight is 429 g/mol. The number of benzene rings is 2. The number of hydrogen-bond acceptors (Lipinski definition) is 3.